The summed E-state index contributed by atoms with van der Waals surface area (Å²) < 4.78 is 0. The minimum atomic E-state index is -0.650. The summed E-state index contributed by atoms with van der Waals surface area (Å²) in [5.74, 6) is -0.161. The smallest absolute Gasteiger partial charge is 0.220 e. The Labute approximate surface area is 122 Å². The van der Waals surface area contributed by atoms with Crippen molar-refractivity contribution in [1.29, 1.82) is 0 Å². The number of nitrogens with two attached hydrogens (primary N) is 1. The average Bonchev–Trinajstić information content (AvgIpc) is 2.22. The van der Waals surface area contributed by atoms with Gasteiger partial charge in [0.15, 0.2) is 0 Å². The van der Waals surface area contributed by atoms with E-state index in [2.05, 4.69) is 6.92 Å². The first-order valence-electron chi connectivity index (χ1n) is 7.22. The van der Waals surface area contributed by atoms with Crippen molar-refractivity contribution in [2.24, 2.45) is 11.1 Å². The van der Waals surface area contributed by atoms with Crippen LogP contribution in [-0.4, -0.2) is 35.9 Å². The maximum atomic E-state index is 12.1. The molecule has 0 bridgehead atoms. The molecule has 0 spiro atoms. The zero-order chi connectivity index (χ0) is 16.0. The maximum absolute atomic E-state index is 12.1. The maximum Gasteiger partial charge on any atom is 0.220 e. The first kappa shape index (κ1) is 19.1. The van der Waals surface area contributed by atoms with Crippen LogP contribution in [-0.2, 0) is 14.4 Å². The first-order chi connectivity index (χ1) is 9.00. The highest BCUT2D eigenvalue weighted by Gasteiger charge is 2.27. The molecule has 0 aliphatic carbocycles. The fraction of sp³-hybridized carbons (Fsp3) is 0.867. The van der Waals surface area contributed by atoms with Crippen molar-refractivity contribution in [2.45, 2.75) is 65.9 Å². The van der Waals surface area contributed by atoms with Gasteiger partial charge >= 0.3 is 0 Å². The number of carbonyl (C=O) groups excluding carboxylic acids is 2. The molecule has 2 N–H and O–H groups in total. The van der Waals surface area contributed by atoms with Gasteiger partial charge in [0.1, 0.15) is 5.78 Å². The molecule has 118 valence electrons. The molecule has 0 atom stereocenters. The second-order valence-electron chi connectivity index (χ2n) is 6.65. The van der Waals surface area contributed by atoms with Gasteiger partial charge in [0.25, 0.3) is 0 Å². The van der Waals surface area contributed by atoms with Crippen LogP contribution in [0.1, 0.15) is 60.3 Å². The molecule has 0 heterocycles. The molecule has 0 fully saturated rings. The predicted molar refractivity (Wildman–Crippen MR) is 79.9 cm³/mol. The molecule has 0 aromatic rings. The topological polar surface area (TPSA) is 72.6 Å². The van der Waals surface area contributed by atoms with Gasteiger partial charge in [-0.3, -0.25) is 14.4 Å². The zero-order valence-corrected chi connectivity index (χ0v) is 13.8. The predicted octanol–water partition coefficient (Wildman–Crippen LogP) is 2.29. The van der Waals surface area contributed by atoms with E-state index in [4.69, 9.17) is 10.6 Å². The normalized spacial score (nSPS) is 12.8. The highest BCUT2D eigenvalue weighted by molar-refractivity contribution is 5.84. The molecule has 0 radical (unpaired) electrons. The largest absolute Gasteiger partial charge is 0.370 e. The Kier molecular flexibility index (Phi) is 7.38. The van der Waals surface area contributed by atoms with E-state index >= 15 is 0 Å². The molecule has 5 nitrogen and oxygen atoms in total. The number of hydrogen-bond donors (Lipinski definition) is 1. The van der Waals surface area contributed by atoms with Gasteiger partial charge in [0.2, 0.25) is 5.91 Å². The van der Waals surface area contributed by atoms with Crippen LogP contribution in [0.15, 0.2) is 0 Å². The van der Waals surface area contributed by atoms with Crippen LogP contribution in [0.5, 0.6) is 0 Å². The van der Waals surface area contributed by atoms with E-state index in [9.17, 15) is 9.59 Å². The van der Waals surface area contributed by atoms with Crippen molar-refractivity contribution in [2.75, 3.05) is 13.6 Å². The van der Waals surface area contributed by atoms with E-state index in [0.717, 1.165) is 12.8 Å². The number of hydroxylamine groups is 2. The third-order valence-electron chi connectivity index (χ3n) is 3.29. The van der Waals surface area contributed by atoms with E-state index in [-0.39, 0.29) is 17.6 Å². The Morgan fingerprint density at radius 3 is 2.20 bits per heavy atom. The van der Waals surface area contributed by atoms with Crippen LogP contribution in [0, 0.1) is 5.41 Å². The summed E-state index contributed by atoms with van der Waals surface area (Å²) in [5.41, 5.74) is 4.25. The molecular weight excluding hydrogens is 256 g/mol. The number of nitrogens with zero attached hydrogens (tertiary/aromatic N) is 1. The van der Waals surface area contributed by atoms with Gasteiger partial charge in [-0.15, -0.1) is 0 Å². The van der Waals surface area contributed by atoms with Gasteiger partial charge in [0, 0.05) is 25.4 Å². The van der Waals surface area contributed by atoms with Crippen molar-refractivity contribution in [3.8, 4) is 0 Å². The number of hydrogen-bond acceptors (Lipinski definition) is 4. The fourth-order valence-corrected chi connectivity index (χ4v) is 2.28. The zero-order valence-electron chi connectivity index (χ0n) is 13.8. The Morgan fingerprint density at radius 2 is 1.75 bits per heavy atom. The quantitative estimate of drug-likeness (QED) is 0.625. The lowest BCUT2D eigenvalue weighted by atomic mass is 9.82. The Balaban J connectivity index is 4.26. The first-order valence-corrected chi connectivity index (χ1v) is 7.22. The summed E-state index contributed by atoms with van der Waals surface area (Å²) in [6, 6.07) is 0. The summed E-state index contributed by atoms with van der Waals surface area (Å²) in [5, 5.41) is 1.61. The van der Waals surface area contributed by atoms with E-state index in [1.54, 1.807) is 26.0 Å². The number of ketones is 1. The van der Waals surface area contributed by atoms with Crippen LogP contribution in [0.3, 0.4) is 0 Å². The van der Waals surface area contributed by atoms with Crippen LogP contribution in [0.25, 0.3) is 0 Å². The minimum absolute atomic E-state index is 0.145. The number of primary amides is 1. The highest BCUT2D eigenvalue weighted by Crippen LogP contribution is 2.25. The molecule has 0 saturated carbocycles. The standard InChI is InChI=1S/C15H30N2O3/c1-7-9-14(2,3)12(18)8-10-17(6)20-15(4,5)11-13(16)19/h7-11H2,1-6H3,(H2,16,19). The number of amides is 1. The number of Topliss-reactive ketones (excluding diaryl/α,β-unsaturated/α-hetero) is 1. The fourth-order valence-electron chi connectivity index (χ4n) is 2.28. The molecule has 0 saturated heterocycles. The lowest BCUT2D eigenvalue weighted by Gasteiger charge is -2.30. The molecular formula is C15H30N2O3. The van der Waals surface area contributed by atoms with E-state index in [1.165, 1.54) is 0 Å². The van der Waals surface area contributed by atoms with Gasteiger partial charge in [-0.05, 0) is 20.3 Å². The Hall–Kier alpha value is -0.940. The third-order valence-corrected chi connectivity index (χ3v) is 3.29. The number of rotatable bonds is 10. The molecule has 0 aliphatic rings. The monoisotopic (exact) mass is 286 g/mol. The summed E-state index contributed by atoms with van der Waals surface area (Å²) in [4.78, 5) is 28.7. The van der Waals surface area contributed by atoms with Crippen LogP contribution < -0.4 is 5.73 Å². The highest BCUT2D eigenvalue weighted by atomic mass is 16.7. The van der Waals surface area contributed by atoms with Gasteiger partial charge < -0.3 is 5.73 Å². The van der Waals surface area contributed by atoms with Crippen LogP contribution in [0.4, 0.5) is 0 Å². The molecule has 0 unspecified atom stereocenters. The molecule has 0 aliphatic heterocycles. The second kappa shape index (κ2) is 7.74. The lowest BCUT2D eigenvalue weighted by molar-refractivity contribution is -0.222. The number of carbonyl (C=O) groups is 2. The van der Waals surface area contributed by atoms with E-state index in [0.29, 0.717) is 13.0 Å². The molecule has 0 aromatic carbocycles. The third kappa shape index (κ3) is 7.60. The molecule has 0 aromatic heterocycles. The van der Waals surface area contributed by atoms with Crippen LogP contribution in [0.2, 0.25) is 0 Å². The Bertz CT molecular complexity index is 338. The summed E-state index contributed by atoms with van der Waals surface area (Å²) in [7, 11) is 1.77. The van der Waals surface area contributed by atoms with Crippen molar-refractivity contribution < 1.29 is 14.4 Å². The molecule has 20 heavy (non-hydrogen) atoms. The van der Waals surface area contributed by atoms with Gasteiger partial charge in [-0.1, -0.05) is 27.2 Å². The van der Waals surface area contributed by atoms with Gasteiger partial charge in [-0.2, -0.15) is 5.06 Å². The van der Waals surface area contributed by atoms with Crippen molar-refractivity contribution in [1.82, 2.24) is 5.06 Å². The molecule has 1 amide bonds. The Morgan fingerprint density at radius 1 is 1.20 bits per heavy atom. The molecule has 5 heteroatoms. The minimum Gasteiger partial charge on any atom is -0.370 e. The summed E-state index contributed by atoms with van der Waals surface area (Å²) in [6.45, 7) is 10.2. The van der Waals surface area contributed by atoms with Crippen molar-refractivity contribution in [3.05, 3.63) is 0 Å². The van der Waals surface area contributed by atoms with Gasteiger partial charge in [-0.25, -0.2) is 0 Å². The lowest BCUT2D eigenvalue weighted by Crippen LogP contribution is -2.38. The summed E-state index contributed by atoms with van der Waals surface area (Å²) >= 11 is 0. The summed E-state index contributed by atoms with van der Waals surface area (Å²) in [6.07, 6.45) is 2.48. The molecule has 0 rings (SSSR count). The van der Waals surface area contributed by atoms with Crippen molar-refractivity contribution >= 4 is 11.7 Å². The van der Waals surface area contributed by atoms with Crippen LogP contribution >= 0.6 is 0 Å². The van der Waals surface area contributed by atoms with E-state index < -0.39 is 11.5 Å². The van der Waals surface area contributed by atoms with Gasteiger partial charge in [0.05, 0.1) is 12.0 Å². The second-order valence-corrected chi connectivity index (χ2v) is 6.65. The SMILES string of the molecule is CCCC(C)(C)C(=O)CCN(C)OC(C)(C)CC(N)=O. The average molecular weight is 286 g/mol. The van der Waals surface area contributed by atoms with E-state index in [1.807, 2.05) is 13.8 Å². The van der Waals surface area contributed by atoms with Crippen molar-refractivity contribution in [3.63, 3.8) is 0 Å².